The summed E-state index contributed by atoms with van der Waals surface area (Å²) in [7, 11) is 3.25. The van der Waals surface area contributed by atoms with Gasteiger partial charge in [-0.3, -0.25) is 0 Å². The van der Waals surface area contributed by atoms with Crippen molar-refractivity contribution in [2.45, 2.75) is 19.8 Å². The molecule has 2 rings (SSSR count). The Balaban J connectivity index is 2.64. The third kappa shape index (κ3) is 3.37. The van der Waals surface area contributed by atoms with Gasteiger partial charge in [0.05, 0.1) is 19.9 Å². The summed E-state index contributed by atoms with van der Waals surface area (Å²) in [5.41, 5.74) is 1.69. The van der Waals surface area contributed by atoms with Crippen molar-refractivity contribution < 1.29 is 9.47 Å². The van der Waals surface area contributed by atoms with E-state index >= 15 is 0 Å². The van der Waals surface area contributed by atoms with Gasteiger partial charge in [-0.25, -0.2) is 9.97 Å². The van der Waals surface area contributed by atoms with Crippen LogP contribution in [0.5, 0.6) is 11.5 Å². The molecule has 0 aliphatic heterocycles. The number of benzene rings is 1. The molecule has 0 radical (unpaired) electrons. The van der Waals surface area contributed by atoms with E-state index in [1.54, 1.807) is 14.2 Å². The molecule has 0 amide bonds. The average molecular weight is 416 g/mol. The summed E-state index contributed by atoms with van der Waals surface area (Å²) < 4.78 is 12.3. The zero-order valence-electron chi connectivity index (χ0n) is 12.3. The Morgan fingerprint density at radius 1 is 1.05 bits per heavy atom. The predicted molar refractivity (Wildman–Crippen MR) is 90.1 cm³/mol. The summed E-state index contributed by atoms with van der Waals surface area (Å²) in [6, 6.07) is 5.69. The molecule has 0 aliphatic rings. The monoisotopic (exact) mass is 414 g/mol. The minimum Gasteiger partial charge on any atom is -0.495 e. The van der Waals surface area contributed by atoms with Crippen LogP contribution < -0.4 is 9.47 Å². The van der Waals surface area contributed by atoms with E-state index in [0.717, 1.165) is 26.2 Å². The molecule has 6 heteroatoms. The number of rotatable bonds is 4. The molecule has 4 nitrogen and oxygen atoms in total. The topological polar surface area (TPSA) is 44.2 Å². The molecule has 0 aliphatic carbocycles. The minimum atomic E-state index is 0.244. The van der Waals surface area contributed by atoms with Gasteiger partial charge in [-0.1, -0.05) is 13.8 Å². The fraction of sp³-hybridized carbons (Fsp3) is 0.333. The quantitative estimate of drug-likeness (QED) is 0.672. The number of nitrogens with zero attached hydrogens (tertiary/aromatic N) is 2. The SMILES string of the molecule is COc1ccc(-c2cc(Br)nc(C(C)C)n2)c(OC)c1Br. The van der Waals surface area contributed by atoms with E-state index < -0.39 is 0 Å². The standard InChI is InChI=1S/C15H16Br2N2O2/c1-8(2)15-18-10(7-12(16)19-15)9-5-6-11(20-3)13(17)14(9)21-4/h5-8H,1-4H3. The van der Waals surface area contributed by atoms with Crippen molar-refractivity contribution in [3.8, 4) is 22.8 Å². The highest BCUT2D eigenvalue weighted by molar-refractivity contribution is 9.10. The van der Waals surface area contributed by atoms with Gasteiger partial charge < -0.3 is 9.47 Å². The molecule has 0 saturated heterocycles. The molecule has 0 atom stereocenters. The number of aromatic nitrogens is 2. The smallest absolute Gasteiger partial charge is 0.146 e. The molecule has 1 heterocycles. The molecule has 0 bridgehead atoms. The van der Waals surface area contributed by atoms with Gasteiger partial charge in [-0.2, -0.15) is 0 Å². The molecule has 0 unspecified atom stereocenters. The average Bonchev–Trinajstić information content (AvgIpc) is 2.46. The Labute approximate surface area is 141 Å². The minimum absolute atomic E-state index is 0.244. The van der Waals surface area contributed by atoms with E-state index in [-0.39, 0.29) is 5.92 Å². The van der Waals surface area contributed by atoms with Crippen molar-refractivity contribution in [3.63, 3.8) is 0 Å². The molecule has 21 heavy (non-hydrogen) atoms. The van der Waals surface area contributed by atoms with E-state index in [9.17, 15) is 0 Å². The lowest BCUT2D eigenvalue weighted by Gasteiger charge is -2.14. The molecule has 0 N–H and O–H groups in total. The predicted octanol–water partition coefficient (Wildman–Crippen LogP) is 4.81. The van der Waals surface area contributed by atoms with Crippen LogP contribution in [0, 0.1) is 0 Å². The maximum Gasteiger partial charge on any atom is 0.146 e. The summed E-state index contributed by atoms with van der Waals surface area (Å²) in [5.74, 6) is 2.43. The second-order valence-corrected chi connectivity index (χ2v) is 6.36. The van der Waals surface area contributed by atoms with Crippen molar-refractivity contribution >= 4 is 31.9 Å². The summed E-state index contributed by atoms with van der Waals surface area (Å²) in [6.07, 6.45) is 0. The van der Waals surface area contributed by atoms with Crippen LogP contribution in [0.4, 0.5) is 0 Å². The van der Waals surface area contributed by atoms with Crippen LogP contribution in [0.25, 0.3) is 11.3 Å². The lowest BCUT2D eigenvalue weighted by molar-refractivity contribution is 0.390. The molecule has 0 saturated carbocycles. The zero-order chi connectivity index (χ0) is 15.6. The Hall–Kier alpha value is -1.14. The van der Waals surface area contributed by atoms with Gasteiger partial charge in [0.1, 0.15) is 26.4 Å². The summed E-state index contributed by atoms with van der Waals surface area (Å²) in [4.78, 5) is 9.02. The molecule has 2 aromatic rings. The van der Waals surface area contributed by atoms with E-state index in [4.69, 9.17) is 9.47 Å². The zero-order valence-corrected chi connectivity index (χ0v) is 15.4. The van der Waals surface area contributed by atoms with E-state index in [2.05, 4.69) is 55.7 Å². The van der Waals surface area contributed by atoms with Crippen LogP contribution >= 0.6 is 31.9 Å². The summed E-state index contributed by atoms with van der Waals surface area (Å²) in [6.45, 7) is 4.12. The highest BCUT2D eigenvalue weighted by atomic mass is 79.9. The van der Waals surface area contributed by atoms with Gasteiger partial charge >= 0.3 is 0 Å². The van der Waals surface area contributed by atoms with Crippen molar-refractivity contribution in [1.82, 2.24) is 9.97 Å². The van der Waals surface area contributed by atoms with Crippen LogP contribution in [0.15, 0.2) is 27.3 Å². The highest BCUT2D eigenvalue weighted by Gasteiger charge is 2.17. The summed E-state index contributed by atoms with van der Waals surface area (Å²) >= 11 is 6.95. The molecule has 1 aromatic heterocycles. The first-order chi connectivity index (χ1) is 9.97. The van der Waals surface area contributed by atoms with Gasteiger partial charge in [0.2, 0.25) is 0 Å². The maximum atomic E-state index is 5.51. The molecule has 112 valence electrons. The first kappa shape index (κ1) is 16.2. The normalized spacial score (nSPS) is 10.8. The fourth-order valence-electron chi connectivity index (χ4n) is 1.93. The van der Waals surface area contributed by atoms with Crippen LogP contribution in [-0.2, 0) is 0 Å². The third-order valence-corrected chi connectivity index (χ3v) is 4.15. The largest absolute Gasteiger partial charge is 0.495 e. The fourth-order valence-corrected chi connectivity index (χ4v) is 3.00. The maximum absolute atomic E-state index is 5.51. The van der Waals surface area contributed by atoms with Crippen molar-refractivity contribution in [2.75, 3.05) is 14.2 Å². The van der Waals surface area contributed by atoms with Crippen LogP contribution in [0.2, 0.25) is 0 Å². The van der Waals surface area contributed by atoms with Gasteiger partial charge in [0, 0.05) is 11.5 Å². The molecule has 0 spiro atoms. The number of hydrogen-bond acceptors (Lipinski definition) is 4. The number of methoxy groups -OCH3 is 2. The van der Waals surface area contributed by atoms with Crippen LogP contribution in [0.3, 0.4) is 0 Å². The second kappa shape index (κ2) is 6.75. The number of hydrogen-bond donors (Lipinski definition) is 0. The highest BCUT2D eigenvalue weighted by Crippen LogP contribution is 2.41. The lowest BCUT2D eigenvalue weighted by atomic mass is 10.1. The van der Waals surface area contributed by atoms with Gasteiger partial charge in [0.25, 0.3) is 0 Å². The summed E-state index contributed by atoms with van der Waals surface area (Å²) in [5, 5.41) is 0. The second-order valence-electron chi connectivity index (χ2n) is 4.75. The lowest BCUT2D eigenvalue weighted by Crippen LogP contribution is -2.01. The van der Waals surface area contributed by atoms with Gasteiger partial charge in [-0.05, 0) is 50.1 Å². The Morgan fingerprint density at radius 2 is 1.76 bits per heavy atom. The first-order valence-corrected chi connectivity index (χ1v) is 8.01. The van der Waals surface area contributed by atoms with E-state index in [1.807, 2.05) is 18.2 Å². The van der Waals surface area contributed by atoms with Crippen molar-refractivity contribution in [1.29, 1.82) is 0 Å². The first-order valence-electron chi connectivity index (χ1n) is 6.43. The number of ether oxygens (including phenoxy) is 2. The molecule has 0 fully saturated rings. The van der Waals surface area contributed by atoms with Gasteiger partial charge in [-0.15, -0.1) is 0 Å². The van der Waals surface area contributed by atoms with E-state index in [0.29, 0.717) is 11.5 Å². The Kier molecular flexibility index (Phi) is 5.22. The Morgan fingerprint density at radius 3 is 2.33 bits per heavy atom. The van der Waals surface area contributed by atoms with Crippen LogP contribution in [-0.4, -0.2) is 24.2 Å². The van der Waals surface area contributed by atoms with E-state index in [1.165, 1.54) is 0 Å². The van der Waals surface area contributed by atoms with Crippen LogP contribution in [0.1, 0.15) is 25.6 Å². The molecular formula is C15H16Br2N2O2. The molecule has 1 aromatic carbocycles. The van der Waals surface area contributed by atoms with Crippen molar-refractivity contribution in [3.05, 3.63) is 33.1 Å². The number of halogens is 2. The Bertz CT molecular complexity index is 660. The third-order valence-electron chi connectivity index (χ3n) is 2.99. The molecular weight excluding hydrogens is 400 g/mol. The van der Waals surface area contributed by atoms with Crippen molar-refractivity contribution in [2.24, 2.45) is 0 Å². The van der Waals surface area contributed by atoms with Gasteiger partial charge in [0.15, 0.2) is 0 Å².